The molecule has 0 heterocycles. The molecule has 14 heavy (non-hydrogen) atoms. The highest BCUT2D eigenvalue weighted by atomic mass is 79.9. The van der Waals surface area contributed by atoms with Gasteiger partial charge in [0.2, 0.25) is 0 Å². The first-order valence-electron chi connectivity index (χ1n) is 5.29. The summed E-state index contributed by atoms with van der Waals surface area (Å²) in [5.74, 6) is 0.689. The minimum absolute atomic E-state index is 0.216. The summed E-state index contributed by atoms with van der Waals surface area (Å²) in [6.45, 7) is 0. The number of rotatable bonds is 2. The Hall–Kier alpha value is -0.340. The molecule has 1 atom stereocenters. The van der Waals surface area contributed by atoms with E-state index in [0.29, 0.717) is 5.92 Å². The normalized spacial score (nSPS) is 19.9. The second-order valence-corrected chi connectivity index (χ2v) is 4.95. The van der Waals surface area contributed by atoms with Crippen LogP contribution in [0.4, 0.5) is 0 Å². The van der Waals surface area contributed by atoms with Crippen molar-refractivity contribution >= 4 is 15.9 Å². The zero-order valence-electron chi connectivity index (χ0n) is 8.25. The maximum atomic E-state index is 6.27. The number of nitrogens with two attached hydrogens (primary N) is 1. The van der Waals surface area contributed by atoms with E-state index in [0.717, 1.165) is 4.47 Å². The maximum absolute atomic E-state index is 6.27. The second-order valence-electron chi connectivity index (χ2n) is 4.09. The first kappa shape index (κ1) is 10.2. The summed E-state index contributed by atoms with van der Waals surface area (Å²) in [5, 5.41) is 0. The zero-order chi connectivity index (χ0) is 9.97. The molecule has 0 saturated heterocycles. The smallest absolute Gasteiger partial charge is 0.0334 e. The van der Waals surface area contributed by atoms with Crippen LogP contribution in [0.5, 0.6) is 0 Å². The average Bonchev–Trinajstić information content (AvgIpc) is 2.70. The van der Waals surface area contributed by atoms with Crippen LogP contribution in [0.2, 0.25) is 0 Å². The maximum Gasteiger partial charge on any atom is 0.0334 e. The van der Waals surface area contributed by atoms with Gasteiger partial charge in [-0.1, -0.05) is 47.0 Å². The summed E-state index contributed by atoms with van der Waals surface area (Å²) in [4.78, 5) is 0. The molecule has 0 aliphatic heterocycles. The molecule has 0 bridgehead atoms. The van der Waals surface area contributed by atoms with Gasteiger partial charge < -0.3 is 5.73 Å². The van der Waals surface area contributed by atoms with Crippen molar-refractivity contribution in [2.75, 3.05) is 0 Å². The van der Waals surface area contributed by atoms with Crippen molar-refractivity contribution in [3.8, 4) is 0 Å². The first-order valence-corrected chi connectivity index (χ1v) is 6.08. The third-order valence-electron chi connectivity index (χ3n) is 3.17. The number of halogens is 1. The minimum atomic E-state index is 0.216. The number of benzene rings is 1. The standard InChI is InChI=1S/C12H16BrN/c13-11-8-4-3-7-10(11)12(14)9-5-1-2-6-9/h3-4,7-9,12H,1-2,5-6,14H2/t12-/m1/s1. The Morgan fingerprint density at radius 1 is 1.21 bits per heavy atom. The highest BCUT2D eigenvalue weighted by Crippen LogP contribution is 2.36. The monoisotopic (exact) mass is 253 g/mol. The molecule has 0 unspecified atom stereocenters. The van der Waals surface area contributed by atoms with Gasteiger partial charge in [0.05, 0.1) is 0 Å². The topological polar surface area (TPSA) is 26.0 Å². The molecule has 1 aromatic rings. The van der Waals surface area contributed by atoms with E-state index in [9.17, 15) is 0 Å². The lowest BCUT2D eigenvalue weighted by Crippen LogP contribution is -2.19. The molecule has 2 rings (SSSR count). The first-order chi connectivity index (χ1) is 6.79. The van der Waals surface area contributed by atoms with E-state index in [-0.39, 0.29) is 6.04 Å². The van der Waals surface area contributed by atoms with E-state index in [4.69, 9.17) is 5.73 Å². The SMILES string of the molecule is N[C@@H](c1ccccc1Br)C1CCCC1. The Morgan fingerprint density at radius 3 is 2.50 bits per heavy atom. The van der Waals surface area contributed by atoms with E-state index >= 15 is 0 Å². The lowest BCUT2D eigenvalue weighted by atomic mass is 9.93. The van der Waals surface area contributed by atoms with Gasteiger partial charge in [0, 0.05) is 10.5 Å². The van der Waals surface area contributed by atoms with Crippen molar-refractivity contribution in [1.82, 2.24) is 0 Å². The van der Waals surface area contributed by atoms with E-state index in [1.165, 1.54) is 31.2 Å². The van der Waals surface area contributed by atoms with Gasteiger partial charge in [-0.15, -0.1) is 0 Å². The van der Waals surface area contributed by atoms with E-state index < -0.39 is 0 Å². The van der Waals surface area contributed by atoms with Gasteiger partial charge in [0.25, 0.3) is 0 Å². The fourth-order valence-corrected chi connectivity index (χ4v) is 2.86. The quantitative estimate of drug-likeness (QED) is 0.856. The molecule has 1 nitrogen and oxygen atoms in total. The van der Waals surface area contributed by atoms with Gasteiger partial charge in [-0.25, -0.2) is 0 Å². The molecular weight excluding hydrogens is 238 g/mol. The summed E-state index contributed by atoms with van der Waals surface area (Å²) in [7, 11) is 0. The summed E-state index contributed by atoms with van der Waals surface area (Å²) >= 11 is 3.56. The van der Waals surface area contributed by atoms with Crippen LogP contribution in [0.25, 0.3) is 0 Å². The van der Waals surface area contributed by atoms with Crippen LogP contribution >= 0.6 is 15.9 Å². The molecule has 2 N–H and O–H groups in total. The molecule has 1 aliphatic carbocycles. The molecular formula is C12H16BrN. The molecule has 1 fully saturated rings. The highest BCUT2D eigenvalue weighted by molar-refractivity contribution is 9.10. The number of hydrogen-bond acceptors (Lipinski definition) is 1. The van der Waals surface area contributed by atoms with Gasteiger partial charge in [0.1, 0.15) is 0 Å². The summed E-state index contributed by atoms with van der Waals surface area (Å²) in [6.07, 6.45) is 5.29. The number of hydrogen-bond donors (Lipinski definition) is 1. The Kier molecular flexibility index (Phi) is 3.24. The molecule has 76 valence electrons. The minimum Gasteiger partial charge on any atom is -0.324 e. The average molecular weight is 254 g/mol. The van der Waals surface area contributed by atoms with Crippen LogP contribution < -0.4 is 5.73 Å². The Bertz CT molecular complexity index is 305. The summed E-state index contributed by atoms with van der Waals surface area (Å²) in [6, 6.07) is 8.52. The summed E-state index contributed by atoms with van der Waals surface area (Å²) in [5.41, 5.74) is 7.53. The fraction of sp³-hybridized carbons (Fsp3) is 0.500. The molecule has 1 saturated carbocycles. The van der Waals surface area contributed by atoms with Crippen molar-refractivity contribution in [2.45, 2.75) is 31.7 Å². The molecule has 1 aromatic carbocycles. The third kappa shape index (κ3) is 2.01. The predicted octanol–water partition coefficient (Wildman–Crippen LogP) is 3.64. The van der Waals surface area contributed by atoms with Gasteiger partial charge >= 0.3 is 0 Å². The van der Waals surface area contributed by atoms with Crippen molar-refractivity contribution in [2.24, 2.45) is 11.7 Å². The van der Waals surface area contributed by atoms with Crippen molar-refractivity contribution < 1.29 is 0 Å². The summed E-state index contributed by atoms with van der Waals surface area (Å²) < 4.78 is 1.15. The van der Waals surface area contributed by atoms with Gasteiger partial charge in [-0.3, -0.25) is 0 Å². The van der Waals surface area contributed by atoms with Crippen molar-refractivity contribution in [1.29, 1.82) is 0 Å². The van der Waals surface area contributed by atoms with Crippen LogP contribution in [0, 0.1) is 5.92 Å². The predicted molar refractivity (Wildman–Crippen MR) is 63.0 cm³/mol. The van der Waals surface area contributed by atoms with E-state index in [1.54, 1.807) is 0 Å². The van der Waals surface area contributed by atoms with Crippen molar-refractivity contribution in [3.05, 3.63) is 34.3 Å². The van der Waals surface area contributed by atoms with Crippen molar-refractivity contribution in [3.63, 3.8) is 0 Å². The van der Waals surface area contributed by atoms with Gasteiger partial charge in [-0.05, 0) is 30.4 Å². The Labute approximate surface area is 93.8 Å². The van der Waals surface area contributed by atoms with Gasteiger partial charge in [0.15, 0.2) is 0 Å². The fourth-order valence-electron chi connectivity index (χ4n) is 2.32. The molecule has 0 aromatic heterocycles. The van der Waals surface area contributed by atoms with Crippen LogP contribution in [0.1, 0.15) is 37.3 Å². The van der Waals surface area contributed by atoms with Crippen LogP contribution in [0.15, 0.2) is 28.7 Å². The molecule has 0 spiro atoms. The molecule has 0 radical (unpaired) electrons. The lowest BCUT2D eigenvalue weighted by molar-refractivity contribution is 0.444. The van der Waals surface area contributed by atoms with Crippen LogP contribution in [-0.2, 0) is 0 Å². The van der Waals surface area contributed by atoms with Crippen LogP contribution in [0.3, 0.4) is 0 Å². The van der Waals surface area contributed by atoms with Gasteiger partial charge in [-0.2, -0.15) is 0 Å². The lowest BCUT2D eigenvalue weighted by Gasteiger charge is -2.20. The molecule has 2 heteroatoms. The largest absolute Gasteiger partial charge is 0.324 e. The Morgan fingerprint density at radius 2 is 1.86 bits per heavy atom. The highest BCUT2D eigenvalue weighted by Gasteiger charge is 2.24. The van der Waals surface area contributed by atoms with E-state index in [1.807, 2.05) is 6.07 Å². The molecule has 0 amide bonds. The van der Waals surface area contributed by atoms with Crippen LogP contribution in [-0.4, -0.2) is 0 Å². The zero-order valence-corrected chi connectivity index (χ0v) is 9.83. The second kappa shape index (κ2) is 4.45. The molecule has 1 aliphatic rings. The third-order valence-corrected chi connectivity index (χ3v) is 3.89. The van der Waals surface area contributed by atoms with E-state index in [2.05, 4.69) is 34.1 Å². The Balaban J connectivity index is 2.17.